The van der Waals surface area contributed by atoms with Crippen molar-refractivity contribution in [3.63, 3.8) is 0 Å². The number of hydrogen-bond acceptors (Lipinski definition) is 9. The summed E-state index contributed by atoms with van der Waals surface area (Å²) in [6.45, 7) is 0.615. The Kier molecular flexibility index (Phi) is 9.52. The first-order valence-corrected chi connectivity index (χ1v) is 14.3. The van der Waals surface area contributed by atoms with Crippen molar-refractivity contribution < 1.29 is 23.0 Å². The molecule has 0 saturated heterocycles. The van der Waals surface area contributed by atoms with Gasteiger partial charge in [-0.15, -0.1) is 0 Å². The number of benzene rings is 2. The van der Waals surface area contributed by atoms with Gasteiger partial charge in [0.1, 0.15) is 5.65 Å². The quantitative estimate of drug-likeness (QED) is 0.199. The fourth-order valence-electron chi connectivity index (χ4n) is 4.94. The Morgan fingerprint density at radius 2 is 1.76 bits per heavy atom. The minimum atomic E-state index is -1.05. The molecular weight excluding hydrogens is 596 g/mol. The Balaban J connectivity index is 1.63. The number of carbonyl (C=O) groups is 1. The van der Waals surface area contributed by atoms with E-state index in [1.165, 1.54) is 31.0 Å². The summed E-state index contributed by atoms with van der Waals surface area (Å²) in [7, 11) is 8.05. The summed E-state index contributed by atoms with van der Waals surface area (Å²) in [6, 6.07) is 11.4. The lowest BCUT2D eigenvalue weighted by Crippen LogP contribution is -2.24. The number of methoxy groups -OCH3 is 2. The number of likely N-dealkylation sites (N-methyl/N-ethyl adjacent to an activating group) is 1. The van der Waals surface area contributed by atoms with E-state index in [0.717, 1.165) is 11.6 Å². The molecule has 0 aliphatic heterocycles. The highest BCUT2D eigenvalue weighted by Crippen LogP contribution is 2.37. The van der Waals surface area contributed by atoms with Crippen LogP contribution in [0.25, 0.3) is 22.2 Å². The average molecular weight is 630 g/mol. The molecule has 3 heterocycles. The van der Waals surface area contributed by atoms with E-state index in [0.29, 0.717) is 23.3 Å². The number of nitrogens with one attached hydrogen (secondary N) is 1. The third kappa shape index (κ3) is 6.94. The molecule has 0 amide bonds. The zero-order valence-corrected chi connectivity index (χ0v) is 26.0. The highest BCUT2D eigenvalue weighted by molar-refractivity contribution is 5.91. The van der Waals surface area contributed by atoms with Crippen LogP contribution < -0.4 is 20.3 Å². The summed E-state index contributed by atoms with van der Waals surface area (Å²) >= 11 is 0. The number of aryl methyl sites for hydroxylation is 1. The van der Waals surface area contributed by atoms with Gasteiger partial charge in [0, 0.05) is 49.9 Å². The number of nitrogens with zero attached hydrogens (tertiary/aromatic N) is 6. The van der Waals surface area contributed by atoms with Crippen LogP contribution in [-0.2, 0) is 24.8 Å². The van der Waals surface area contributed by atoms with E-state index in [2.05, 4.69) is 20.4 Å². The number of ketones is 1. The molecule has 0 aliphatic rings. The zero-order chi connectivity index (χ0) is 33.0. The van der Waals surface area contributed by atoms with Crippen molar-refractivity contribution in [3.8, 4) is 22.6 Å². The molecule has 238 valence electrons. The molecule has 0 atom stereocenters. The largest absolute Gasteiger partial charge is 0.494 e. The van der Waals surface area contributed by atoms with Crippen LogP contribution in [0.1, 0.15) is 11.1 Å². The number of rotatable bonds is 12. The number of anilines is 2. The Labute approximate surface area is 263 Å². The summed E-state index contributed by atoms with van der Waals surface area (Å²) in [6.07, 6.45) is 6.70. The molecule has 13 heteroatoms. The first-order valence-electron chi connectivity index (χ1n) is 14.3. The molecule has 11 nitrogen and oxygen atoms in total. The van der Waals surface area contributed by atoms with Gasteiger partial charge in [-0.3, -0.25) is 18.8 Å². The molecular formula is C33H33F2N7O4. The predicted octanol–water partition coefficient (Wildman–Crippen LogP) is 4.51. The number of fused-ring (bicyclic) bond motifs is 1. The van der Waals surface area contributed by atoms with Gasteiger partial charge in [0.15, 0.2) is 34.7 Å². The van der Waals surface area contributed by atoms with Crippen molar-refractivity contribution in [1.29, 1.82) is 0 Å². The third-order valence-electron chi connectivity index (χ3n) is 7.11. The van der Waals surface area contributed by atoms with Gasteiger partial charge >= 0.3 is 0 Å². The first-order chi connectivity index (χ1) is 22.1. The van der Waals surface area contributed by atoms with Crippen LogP contribution >= 0.6 is 0 Å². The summed E-state index contributed by atoms with van der Waals surface area (Å²) in [4.78, 5) is 37.6. The second-order valence-electron chi connectivity index (χ2n) is 10.8. The maximum atomic E-state index is 15.6. The number of pyridine rings is 1. The molecule has 0 radical (unpaired) electrons. The third-order valence-corrected chi connectivity index (χ3v) is 7.11. The van der Waals surface area contributed by atoms with Gasteiger partial charge in [-0.1, -0.05) is 30.3 Å². The van der Waals surface area contributed by atoms with Gasteiger partial charge in [0.05, 0.1) is 31.9 Å². The molecule has 0 unspecified atom stereocenters. The lowest BCUT2D eigenvalue weighted by molar-refractivity contribution is -0.114. The number of ether oxygens (including phenoxy) is 2. The summed E-state index contributed by atoms with van der Waals surface area (Å²) in [5.41, 5.74) is 0.0436. The van der Waals surface area contributed by atoms with Crippen LogP contribution in [0.5, 0.6) is 11.5 Å². The molecule has 0 fully saturated rings. The van der Waals surface area contributed by atoms with Crippen LogP contribution in [0.4, 0.5) is 20.5 Å². The summed E-state index contributed by atoms with van der Waals surface area (Å²) in [5, 5.41) is 7.63. The maximum absolute atomic E-state index is 15.6. The Bertz CT molecular complexity index is 1970. The number of halogens is 2. The van der Waals surface area contributed by atoms with E-state index in [1.54, 1.807) is 48.3 Å². The average Bonchev–Trinajstić information content (AvgIpc) is 3.43. The van der Waals surface area contributed by atoms with Crippen molar-refractivity contribution in [1.82, 2.24) is 29.2 Å². The van der Waals surface area contributed by atoms with Crippen LogP contribution in [-0.4, -0.2) is 69.9 Å². The number of aromatic nitrogens is 5. The van der Waals surface area contributed by atoms with Crippen molar-refractivity contribution in [3.05, 3.63) is 100 Å². The molecule has 3 aromatic heterocycles. The van der Waals surface area contributed by atoms with Crippen molar-refractivity contribution in [2.75, 3.05) is 40.2 Å². The minimum Gasteiger partial charge on any atom is -0.494 e. The second kappa shape index (κ2) is 13.7. The molecule has 5 aromatic rings. The molecule has 0 spiro atoms. The van der Waals surface area contributed by atoms with Gasteiger partial charge in [-0.25, -0.2) is 13.8 Å². The van der Waals surface area contributed by atoms with E-state index in [9.17, 15) is 9.59 Å². The van der Waals surface area contributed by atoms with Gasteiger partial charge < -0.3 is 19.7 Å². The van der Waals surface area contributed by atoms with Gasteiger partial charge in [0.25, 0.3) is 5.56 Å². The van der Waals surface area contributed by atoms with Crippen LogP contribution in [0.15, 0.2) is 71.8 Å². The fourth-order valence-corrected chi connectivity index (χ4v) is 4.94. The molecule has 2 aromatic carbocycles. The fraction of sp³-hybridized carbons (Fsp3) is 0.242. The minimum absolute atomic E-state index is 0.0218. The Morgan fingerprint density at radius 3 is 2.41 bits per heavy atom. The van der Waals surface area contributed by atoms with Crippen LogP contribution in [0.2, 0.25) is 0 Å². The smallest absolute Gasteiger partial charge is 0.260 e. The lowest BCUT2D eigenvalue weighted by atomic mass is 10.0. The zero-order valence-electron chi connectivity index (χ0n) is 26.0. The molecule has 5 rings (SSSR count). The number of allylic oxidation sites excluding steroid dienone is 1. The van der Waals surface area contributed by atoms with Gasteiger partial charge in [-0.2, -0.15) is 10.1 Å². The predicted molar refractivity (Wildman–Crippen MR) is 171 cm³/mol. The molecule has 0 saturated carbocycles. The second-order valence-corrected chi connectivity index (χ2v) is 10.8. The summed E-state index contributed by atoms with van der Waals surface area (Å²) < 4.78 is 44.4. The number of carbonyl (C=O) groups excluding carboxylic acids is 1. The van der Waals surface area contributed by atoms with E-state index in [1.807, 2.05) is 31.1 Å². The highest BCUT2D eigenvalue weighted by Gasteiger charge is 2.25. The Hall–Kier alpha value is -5.43. The molecule has 0 aliphatic carbocycles. The Morgan fingerprint density at radius 1 is 1.04 bits per heavy atom. The normalized spacial score (nSPS) is 11.5. The monoisotopic (exact) mass is 629 g/mol. The van der Waals surface area contributed by atoms with Crippen molar-refractivity contribution >= 4 is 28.6 Å². The summed E-state index contributed by atoms with van der Waals surface area (Å²) in [5.74, 6) is -2.11. The number of hydrogen-bond donors (Lipinski definition) is 1. The maximum Gasteiger partial charge on any atom is 0.260 e. The van der Waals surface area contributed by atoms with E-state index < -0.39 is 22.8 Å². The van der Waals surface area contributed by atoms with Crippen molar-refractivity contribution in [2.24, 2.45) is 7.05 Å². The van der Waals surface area contributed by atoms with E-state index in [-0.39, 0.29) is 47.4 Å². The van der Waals surface area contributed by atoms with Crippen molar-refractivity contribution in [2.45, 2.75) is 13.0 Å². The molecule has 46 heavy (non-hydrogen) atoms. The highest BCUT2D eigenvalue weighted by atomic mass is 19.1. The van der Waals surface area contributed by atoms with Crippen LogP contribution in [0.3, 0.4) is 0 Å². The molecule has 1 N–H and O–H groups in total. The standard InChI is InChI=1S/C33H33F2N7O4/c1-40(2)12-7-10-23(43)15-20-8-6-9-21(14-20)19-42-31-22(18-36-33(38-31)37-27-11-13-41(3)39-27)16-24(32(42)44)28-29(34)25(45-4)17-26(46-5)30(28)35/h6-11,13-14,16-18H,12,15,19H2,1-5H3,(H,36,37,38,39)/b10-7+. The first kappa shape index (κ1) is 32.0. The lowest BCUT2D eigenvalue weighted by Gasteiger charge is -2.16. The topological polar surface area (TPSA) is 116 Å². The van der Waals surface area contributed by atoms with E-state index in [4.69, 9.17) is 9.47 Å². The SMILES string of the molecule is COc1cc(OC)c(F)c(-c2cc3cnc(Nc4ccn(C)n4)nc3n(Cc3cccc(CC(=O)/C=C/CN(C)C)c3)c2=O)c1F. The van der Waals surface area contributed by atoms with Gasteiger partial charge in [-0.05, 0) is 37.4 Å². The molecule has 0 bridgehead atoms. The van der Waals surface area contributed by atoms with Crippen LogP contribution in [0, 0.1) is 11.6 Å². The van der Waals surface area contributed by atoms with Gasteiger partial charge in [0.2, 0.25) is 5.95 Å². The van der Waals surface area contributed by atoms with E-state index >= 15 is 8.78 Å².